The van der Waals surface area contributed by atoms with Crippen LogP contribution in [0, 0.1) is 0 Å². The first-order valence-electron chi connectivity index (χ1n) is 8.59. The number of ether oxygens (including phenoxy) is 1. The van der Waals surface area contributed by atoms with E-state index in [1.54, 1.807) is 7.11 Å². The van der Waals surface area contributed by atoms with E-state index < -0.39 is 0 Å². The van der Waals surface area contributed by atoms with E-state index in [0.29, 0.717) is 12.5 Å². The highest BCUT2D eigenvalue weighted by Crippen LogP contribution is 2.21. The Labute approximate surface area is 134 Å². The third kappa shape index (κ3) is 5.04. The first-order valence-corrected chi connectivity index (χ1v) is 8.59. The summed E-state index contributed by atoms with van der Waals surface area (Å²) in [7, 11) is 3.66. The topological polar surface area (TPSA) is 29.5 Å². The fraction of sp³-hybridized carbons (Fsp3) is 0.632. The van der Waals surface area contributed by atoms with E-state index in [-0.39, 0.29) is 5.91 Å². The Bertz CT molecular complexity index is 464. The van der Waals surface area contributed by atoms with Gasteiger partial charge in [-0.05, 0) is 37.0 Å². The minimum Gasteiger partial charge on any atom is -0.497 e. The molecule has 0 N–H and O–H groups in total. The predicted octanol–water partition coefficient (Wildman–Crippen LogP) is 4.20. The molecule has 0 atom stereocenters. The summed E-state index contributed by atoms with van der Waals surface area (Å²) < 4.78 is 5.23. The maximum absolute atomic E-state index is 12.5. The normalized spacial score (nSPS) is 16.6. The van der Waals surface area contributed by atoms with Crippen molar-refractivity contribution < 1.29 is 9.53 Å². The summed E-state index contributed by atoms with van der Waals surface area (Å²) in [4.78, 5) is 14.5. The van der Waals surface area contributed by atoms with Crippen molar-refractivity contribution in [2.75, 3.05) is 14.2 Å². The van der Waals surface area contributed by atoms with E-state index >= 15 is 0 Å². The summed E-state index contributed by atoms with van der Waals surface area (Å²) in [6.07, 6.45) is 10.2. The van der Waals surface area contributed by atoms with Crippen LogP contribution >= 0.6 is 0 Å². The average Bonchev–Trinajstić information content (AvgIpc) is 2.52. The van der Waals surface area contributed by atoms with Gasteiger partial charge in [-0.2, -0.15) is 0 Å². The number of hydrogen-bond acceptors (Lipinski definition) is 2. The van der Waals surface area contributed by atoms with Gasteiger partial charge in [0.25, 0.3) is 0 Å². The Kier molecular flexibility index (Phi) is 6.75. The highest BCUT2D eigenvalue weighted by Gasteiger charge is 2.20. The minimum atomic E-state index is 0.272. The second-order valence-electron chi connectivity index (χ2n) is 6.36. The summed E-state index contributed by atoms with van der Waals surface area (Å²) in [5.41, 5.74) is 1.17. The van der Waals surface area contributed by atoms with Crippen molar-refractivity contribution in [1.29, 1.82) is 0 Å². The van der Waals surface area contributed by atoms with Crippen molar-refractivity contribution >= 4 is 5.91 Å². The van der Waals surface area contributed by atoms with Gasteiger partial charge in [0.1, 0.15) is 5.75 Å². The molecule has 1 aromatic carbocycles. The molecule has 0 aromatic heterocycles. The van der Waals surface area contributed by atoms with Crippen LogP contribution in [-0.4, -0.2) is 31.0 Å². The SMILES string of the molecule is COc1cccc(CCC(=O)N(C)C2CCCCCCC2)c1. The lowest BCUT2D eigenvalue weighted by molar-refractivity contribution is -0.132. The fourth-order valence-corrected chi connectivity index (χ4v) is 3.28. The Morgan fingerprint density at radius 3 is 2.55 bits per heavy atom. The Morgan fingerprint density at radius 1 is 1.18 bits per heavy atom. The molecule has 0 spiro atoms. The number of rotatable bonds is 5. The number of hydrogen-bond donors (Lipinski definition) is 0. The largest absolute Gasteiger partial charge is 0.497 e. The van der Waals surface area contributed by atoms with Gasteiger partial charge in [0.15, 0.2) is 0 Å². The summed E-state index contributed by atoms with van der Waals surface area (Å²) in [5.74, 6) is 1.13. The lowest BCUT2D eigenvalue weighted by Crippen LogP contribution is -2.37. The molecule has 3 nitrogen and oxygen atoms in total. The lowest BCUT2D eigenvalue weighted by atomic mass is 9.95. The molecule has 1 aliphatic carbocycles. The van der Waals surface area contributed by atoms with E-state index in [2.05, 4.69) is 6.07 Å². The molecular formula is C19H29NO2. The van der Waals surface area contributed by atoms with E-state index in [0.717, 1.165) is 12.2 Å². The summed E-state index contributed by atoms with van der Waals surface area (Å²) in [5, 5.41) is 0. The molecule has 1 aliphatic rings. The van der Waals surface area contributed by atoms with Gasteiger partial charge in [-0.3, -0.25) is 4.79 Å². The summed E-state index contributed by atoms with van der Waals surface area (Å²) in [6, 6.07) is 8.44. The molecule has 0 bridgehead atoms. The van der Waals surface area contributed by atoms with Gasteiger partial charge < -0.3 is 9.64 Å². The average molecular weight is 303 g/mol. The first kappa shape index (κ1) is 16.9. The number of carbonyl (C=O) groups is 1. The molecule has 0 unspecified atom stereocenters. The van der Waals surface area contributed by atoms with E-state index in [9.17, 15) is 4.79 Å². The van der Waals surface area contributed by atoms with Gasteiger partial charge in [-0.15, -0.1) is 0 Å². The molecule has 3 heteroatoms. The number of carbonyl (C=O) groups excluding carboxylic acids is 1. The van der Waals surface area contributed by atoms with Crippen molar-refractivity contribution in [3.05, 3.63) is 29.8 Å². The highest BCUT2D eigenvalue weighted by molar-refractivity contribution is 5.76. The molecule has 0 aliphatic heterocycles. The van der Waals surface area contributed by atoms with Crippen LogP contribution in [0.15, 0.2) is 24.3 Å². The number of amides is 1. The van der Waals surface area contributed by atoms with Crippen LogP contribution in [0.25, 0.3) is 0 Å². The quantitative estimate of drug-likeness (QED) is 0.816. The van der Waals surface area contributed by atoms with Crippen LogP contribution in [-0.2, 0) is 11.2 Å². The zero-order valence-electron chi connectivity index (χ0n) is 14.0. The molecule has 2 rings (SSSR count). The van der Waals surface area contributed by atoms with Crippen molar-refractivity contribution in [3.63, 3.8) is 0 Å². The summed E-state index contributed by atoms with van der Waals surface area (Å²) in [6.45, 7) is 0. The maximum Gasteiger partial charge on any atom is 0.222 e. The molecule has 0 radical (unpaired) electrons. The van der Waals surface area contributed by atoms with Crippen molar-refractivity contribution in [2.24, 2.45) is 0 Å². The standard InChI is InChI=1S/C19H29NO2/c1-20(17-10-6-4-3-5-7-11-17)19(21)14-13-16-9-8-12-18(15-16)22-2/h8-9,12,15,17H,3-7,10-11,13-14H2,1-2H3. The lowest BCUT2D eigenvalue weighted by Gasteiger charge is -2.30. The monoisotopic (exact) mass is 303 g/mol. The van der Waals surface area contributed by atoms with Gasteiger partial charge in [0.2, 0.25) is 5.91 Å². The van der Waals surface area contributed by atoms with Crippen LogP contribution in [0.1, 0.15) is 56.9 Å². The van der Waals surface area contributed by atoms with Crippen molar-refractivity contribution in [3.8, 4) is 5.75 Å². The Balaban J connectivity index is 1.84. The summed E-state index contributed by atoms with van der Waals surface area (Å²) >= 11 is 0. The Morgan fingerprint density at radius 2 is 1.86 bits per heavy atom. The predicted molar refractivity (Wildman–Crippen MR) is 90.2 cm³/mol. The van der Waals surface area contributed by atoms with Gasteiger partial charge in [0, 0.05) is 19.5 Å². The zero-order valence-corrected chi connectivity index (χ0v) is 14.0. The Hall–Kier alpha value is -1.51. The second kappa shape index (κ2) is 8.82. The fourth-order valence-electron chi connectivity index (χ4n) is 3.28. The smallest absolute Gasteiger partial charge is 0.222 e. The maximum atomic E-state index is 12.5. The molecule has 1 aromatic rings. The molecule has 1 fully saturated rings. The third-order valence-corrected chi connectivity index (χ3v) is 4.78. The van der Waals surface area contributed by atoms with Crippen LogP contribution < -0.4 is 4.74 Å². The molecule has 22 heavy (non-hydrogen) atoms. The van der Waals surface area contributed by atoms with Crippen LogP contribution in [0.3, 0.4) is 0 Å². The first-order chi connectivity index (χ1) is 10.7. The molecule has 1 amide bonds. The highest BCUT2D eigenvalue weighted by atomic mass is 16.5. The number of aryl methyl sites for hydroxylation is 1. The molecule has 1 saturated carbocycles. The van der Waals surface area contributed by atoms with Crippen molar-refractivity contribution in [1.82, 2.24) is 4.90 Å². The van der Waals surface area contributed by atoms with E-state index in [1.807, 2.05) is 30.1 Å². The van der Waals surface area contributed by atoms with Gasteiger partial charge in [-0.25, -0.2) is 0 Å². The van der Waals surface area contributed by atoms with Crippen LogP contribution in [0.4, 0.5) is 0 Å². The van der Waals surface area contributed by atoms with E-state index in [1.165, 1.54) is 50.5 Å². The number of benzene rings is 1. The van der Waals surface area contributed by atoms with E-state index in [4.69, 9.17) is 4.74 Å². The van der Waals surface area contributed by atoms with Gasteiger partial charge >= 0.3 is 0 Å². The van der Waals surface area contributed by atoms with Crippen LogP contribution in [0.2, 0.25) is 0 Å². The minimum absolute atomic E-state index is 0.272. The number of methoxy groups -OCH3 is 1. The van der Waals surface area contributed by atoms with Crippen molar-refractivity contribution in [2.45, 2.75) is 63.8 Å². The number of nitrogens with zero attached hydrogens (tertiary/aromatic N) is 1. The van der Waals surface area contributed by atoms with Gasteiger partial charge in [0.05, 0.1) is 7.11 Å². The molecule has 122 valence electrons. The van der Waals surface area contributed by atoms with Crippen LogP contribution in [0.5, 0.6) is 5.75 Å². The molecular weight excluding hydrogens is 274 g/mol. The second-order valence-corrected chi connectivity index (χ2v) is 6.36. The third-order valence-electron chi connectivity index (χ3n) is 4.78. The molecule has 0 heterocycles. The molecule has 0 saturated heterocycles. The zero-order chi connectivity index (χ0) is 15.8. The van der Waals surface area contributed by atoms with Gasteiger partial charge in [-0.1, -0.05) is 44.2 Å².